The Kier molecular flexibility index (Phi) is 4.83. The average Bonchev–Trinajstić information content (AvgIpc) is 3.04. The van der Waals surface area contributed by atoms with E-state index in [2.05, 4.69) is 22.1 Å². The fourth-order valence-corrected chi connectivity index (χ4v) is 3.13. The van der Waals surface area contributed by atoms with Crippen LogP contribution in [0.15, 0.2) is 30.5 Å². The number of aromatic amines is 1. The van der Waals surface area contributed by atoms with Gasteiger partial charge >= 0.3 is 6.03 Å². The number of carbonyl (C=O) groups excluding carboxylic acids is 1. The van der Waals surface area contributed by atoms with Gasteiger partial charge in [0.25, 0.3) is 0 Å². The third-order valence-electron chi connectivity index (χ3n) is 4.60. The Hall–Kier alpha value is -2.05. The van der Waals surface area contributed by atoms with Crippen LogP contribution < -0.4 is 5.32 Å². The highest BCUT2D eigenvalue weighted by atomic mass is 16.3. The first-order chi connectivity index (χ1) is 11.2. The molecule has 1 saturated heterocycles. The number of nitrogens with zero attached hydrogens (tertiary/aromatic N) is 2. The van der Waals surface area contributed by atoms with E-state index < -0.39 is 0 Å². The SMILES string of the molecule is CCC(CO)N1CCN(C(=O)Nc2ccc3[nH]ccc3c2)CC1. The number of aromatic nitrogens is 1. The van der Waals surface area contributed by atoms with Gasteiger partial charge in [-0.1, -0.05) is 6.92 Å². The number of rotatable bonds is 4. The van der Waals surface area contributed by atoms with Crippen LogP contribution in [0, 0.1) is 0 Å². The Morgan fingerprint density at radius 1 is 1.30 bits per heavy atom. The van der Waals surface area contributed by atoms with E-state index in [1.54, 1.807) is 0 Å². The average molecular weight is 316 g/mol. The van der Waals surface area contributed by atoms with Gasteiger partial charge in [0, 0.05) is 55.0 Å². The minimum Gasteiger partial charge on any atom is -0.395 e. The molecule has 1 aromatic heterocycles. The number of fused-ring (bicyclic) bond motifs is 1. The molecular weight excluding hydrogens is 292 g/mol. The quantitative estimate of drug-likeness (QED) is 0.809. The van der Waals surface area contributed by atoms with Crippen LogP contribution >= 0.6 is 0 Å². The minimum absolute atomic E-state index is 0.0587. The van der Waals surface area contributed by atoms with Gasteiger partial charge in [-0.25, -0.2) is 4.79 Å². The van der Waals surface area contributed by atoms with Crippen molar-refractivity contribution in [1.82, 2.24) is 14.8 Å². The second kappa shape index (κ2) is 7.02. The van der Waals surface area contributed by atoms with Gasteiger partial charge in [-0.3, -0.25) is 4.90 Å². The van der Waals surface area contributed by atoms with Crippen molar-refractivity contribution in [2.24, 2.45) is 0 Å². The second-order valence-corrected chi connectivity index (χ2v) is 5.98. The number of anilines is 1. The summed E-state index contributed by atoms with van der Waals surface area (Å²) in [4.78, 5) is 19.6. The number of hydrogen-bond donors (Lipinski definition) is 3. The van der Waals surface area contributed by atoms with Crippen LogP contribution in [0.1, 0.15) is 13.3 Å². The molecule has 124 valence electrons. The summed E-state index contributed by atoms with van der Waals surface area (Å²) in [5.74, 6) is 0. The van der Waals surface area contributed by atoms with E-state index in [9.17, 15) is 9.90 Å². The molecule has 6 nitrogen and oxygen atoms in total. The highest BCUT2D eigenvalue weighted by molar-refractivity contribution is 5.92. The predicted octanol–water partition coefficient (Wildman–Crippen LogP) is 2.09. The van der Waals surface area contributed by atoms with Crippen LogP contribution in [-0.2, 0) is 0 Å². The zero-order valence-corrected chi connectivity index (χ0v) is 13.5. The Morgan fingerprint density at radius 3 is 2.78 bits per heavy atom. The van der Waals surface area contributed by atoms with Gasteiger partial charge in [-0.2, -0.15) is 0 Å². The van der Waals surface area contributed by atoms with Crippen molar-refractivity contribution in [3.8, 4) is 0 Å². The number of hydrogen-bond acceptors (Lipinski definition) is 3. The molecule has 1 atom stereocenters. The van der Waals surface area contributed by atoms with Gasteiger partial charge in [-0.05, 0) is 30.7 Å². The largest absolute Gasteiger partial charge is 0.395 e. The highest BCUT2D eigenvalue weighted by Gasteiger charge is 2.24. The van der Waals surface area contributed by atoms with Crippen molar-refractivity contribution in [1.29, 1.82) is 0 Å². The summed E-state index contributed by atoms with van der Waals surface area (Å²) in [5, 5.41) is 13.4. The summed E-state index contributed by atoms with van der Waals surface area (Å²) in [6.07, 6.45) is 2.82. The van der Waals surface area contributed by atoms with Gasteiger partial charge in [0.15, 0.2) is 0 Å². The van der Waals surface area contributed by atoms with Crippen molar-refractivity contribution >= 4 is 22.6 Å². The Bertz CT molecular complexity index is 657. The van der Waals surface area contributed by atoms with Crippen molar-refractivity contribution < 1.29 is 9.90 Å². The van der Waals surface area contributed by atoms with Crippen LogP contribution in [-0.4, -0.2) is 64.7 Å². The van der Waals surface area contributed by atoms with E-state index in [4.69, 9.17) is 0 Å². The number of piperazine rings is 1. The van der Waals surface area contributed by atoms with Crippen LogP contribution in [0.25, 0.3) is 10.9 Å². The molecule has 1 aromatic carbocycles. The van der Waals surface area contributed by atoms with Crippen LogP contribution in [0.5, 0.6) is 0 Å². The van der Waals surface area contributed by atoms with Crippen LogP contribution in [0.3, 0.4) is 0 Å². The monoisotopic (exact) mass is 316 g/mol. The lowest BCUT2D eigenvalue weighted by atomic mass is 10.1. The molecule has 2 aromatic rings. The van der Waals surface area contributed by atoms with E-state index in [0.29, 0.717) is 13.1 Å². The highest BCUT2D eigenvalue weighted by Crippen LogP contribution is 2.18. The summed E-state index contributed by atoms with van der Waals surface area (Å²) in [7, 11) is 0. The van der Waals surface area contributed by atoms with Gasteiger partial charge in [0.05, 0.1) is 6.61 Å². The number of aliphatic hydroxyl groups excluding tert-OH is 1. The third-order valence-corrected chi connectivity index (χ3v) is 4.60. The molecule has 2 amide bonds. The predicted molar refractivity (Wildman–Crippen MR) is 91.6 cm³/mol. The maximum Gasteiger partial charge on any atom is 0.321 e. The number of aliphatic hydroxyl groups is 1. The van der Waals surface area contributed by atoms with Gasteiger partial charge in [0.2, 0.25) is 0 Å². The minimum atomic E-state index is -0.0587. The molecule has 23 heavy (non-hydrogen) atoms. The molecule has 6 heteroatoms. The van der Waals surface area contributed by atoms with Gasteiger partial charge in [0.1, 0.15) is 0 Å². The maximum absolute atomic E-state index is 12.4. The molecule has 0 radical (unpaired) electrons. The molecule has 1 aliphatic heterocycles. The third kappa shape index (κ3) is 3.48. The molecule has 0 spiro atoms. The van der Waals surface area contributed by atoms with Gasteiger partial charge < -0.3 is 20.3 Å². The Morgan fingerprint density at radius 2 is 2.09 bits per heavy atom. The first-order valence-electron chi connectivity index (χ1n) is 8.19. The fraction of sp³-hybridized carbons (Fsp3) is 0.471. The van der Waals surface area contributed by atoms with Crippen LogP contribution in [0.4, 0.5) is 10.5 Å². The van der Waals surface area contributed by atoms with E-state index >= 15 is 0 Å². The van der Waals surface area contributed by atoms with Crippen LogP contribution in [0.2, 0.25) is 0 Å². The molecule has 3 N–H and O–H groups in total. The lowest BCUT2D eigenvalue weighted by molar-refractivity contribution is 0.0766. The van der Waals surface area contributed by atoms with E-state index in [1.807, 2.05) is 35.4 Å². The molecule has 0 bridgehead atoms. The van der Waals surface area contributed by atoms with Crippen molar-refractivity contribution in [2.45, 2.75) is 19.4 Å². The maximum atomic E-state index is 12.4. The van der Waals surface area contributed by atoms with E-state index in [0.717, 1.165) is 36.1 Å². The molecule has 0 aliphatic carbocycles. The summed E-state index contributed by atoms with van der Waals surface area (Å²) < 4.78 is 0. The zero-order chi connectivity index (χ0) is 16.2. The lowest BCUT2D eigenvalue weighted by Crippen LogP contribution is -2.53. The van der Waals surface area contributed by atoms with Crippen molar-refractivity contribution in [3.05, 3.63) is 30.5 Å². The molecule has 1 fully saturated rings. The number of H-pyrrole nitrogens is 1. The standard InChI is InChI=1S/C17H24N4O2/c1-2-15(12-22)20-7-9-21(10-8-20)17(23)19-14-3-4-16-13(11-14)5-6-18-16/h3-6,11,15,18,22H,2,7-10,12H2,1H3,(H,19,23). The molecule has 1 unspecified atom stereocenters. The van der Waals surface area contributed by atoms with Crippen molar-refractivity contribution in [2.75, 3.05) is 38.1 Å². The Balaban J connectivity index is 1.57. The fourth-order valence-electron chi connectivity index (χ4n) is 3.13. The molecule has 2 heterocycles. The molecule has 3 rings (SSSR count). The Labute approximate surface area is 136 Å². The van der Waals surface area contributed by atoms with Crippen molar-refractivity contribution in [3.63, 3.8) is 0 Å². The summed E-state index contributed by atoms with van der Waals surface area (Å²) >= 11 is 0. The topological polar surface area (TPSA) is 71.6 Å². The smallest absolute Gasteiger partial charge is 0.321 e. The lowest BCUT2D eigenvalue weighted by Gasteiger charge is -2.38. The van der Waals surface area contributed by atoms with E-state index in [-0.39, 0.29) is 18.7 Å². The summed E-state index contributed by atoms with van der Waals surface area (Å²) in [6, 6.07) is 7.98. The normalized spacial score (nSPS) is 17.4. The number of nitrogens with one attached hydrogen (secondary N) is 2. The number of amides is 2. The summed E-state index contributed by atoms with van der Waals surface area (Å²) in [6.45, 7) is 5.26. The first kappa shape index (κ1) is 15.8. The summed E-state index contributed by atoms with van der Waals surface area (Å²) in [5.41, 5.74) is 1.87. The number of carbonyl (C=O) groups is 1. The second-order valence-electron chi connectivity index (χ2n) is 5.98. The number of urea groups is 1. The van der Waals surface area contributed by atoms with E-state index in [1.165, 1.54) is 0 Å². The zero-order valence-electron chi connectivity index (χ0n) is 13.5. The van der Waals surface area contributed by atoms with Gasteiger partial charge in [-0.15, -0.1) is 0 Å². The molecule has 0 saturated carbocycles. The number of benzene rings is 1. The first-order valence-corrected chi connectivity index (χ1v) is 8.19. The molecular formula is C17H24N4O2. The molecule has 1 aliphatic rings.